The van der Waals surface area contributed by atoms with Crippen molar-refractivity contribution in [1.29, 1.82) is 0 Å². The lowest BCUT2D eigenvalue weighted by molar-refractivity contribution is 0.682. The number of aromatic nitrogens is 2. The van der Waals surface area contributed by atoms with Gasteiger partial charge in [0.2, 0.25) is 0 Å². The molecular weight excluding hydrogens is 244 g/mol. The zero-order valence-electron chi connectivity index (χ0n) is 11.8. The molecule has 20 heavy (non-hydrogen) atoms. The summed E-state index contributed by atoms with van der Waals surface area (Å²) >= 11 is 0. The van der Waals surface area contributed by atoms with Gasteiger partial charge in [-0.3, -0.25) is 9.97 Å². The van der Waals surface area contributed by atoms with Crippen LogP contribution in [-0.2, 0) is 25.7 Å². The van der Waals surface area contributed by atoms with E-state index in [9.17, 15) is 0 Å². The molecule has 2 aliphatic rings. The molecule has 0 amide bonds. The minimum absolute atomic E-state index is 1.01. The van der Waals surface area contributed by atoms with E-state index in [4.69, 9.17) is 0 Å². The average Bonchev–Trinajstić information content (AvgIpc) is 2.56. The molecule has 0 atom stereocenters. The van der Waals surface area contributed by atoms with Crippen molar-refractivity contribution < 1.29 is 0 Å². The van der Waals surface area contributed by atoms with Gasteiger partial charge in [0.1, 0.15) is 0 Å². The van der Waals surface area contributed by atoms with Crippen molar-refractivity contribution in [1.82, 2.24) is 9.97 Å². The highest BCUT2D eigenvalue weighted by atomic mass is 14.7. The van der Waals surface area contributed by atoms with Crippen molar-refractivity contribution in [3.8, 4) is 0 Å². The lowest BCUT2D eigenvalue weighted by atomic mass is 9.94. The van der Waals surface area contributed by atoms with Gasteiger partial charge in [0, 0.05) is 30.7 Å². The van der Waals surface area contributed by atoms with Gasteiger partial charge in [-0.15, -0.1) is 0 Å². The zero-order chi connectivity index (χ0) is 13.6. The van der Waals surface area contributed by atoms with Crippen molar-refractivity contribution in [3.63, 3.8) is 0 Å². The number of nitrogens with zero attached hydrogens (tertiary/aromatic N) is 2. The second-order valence-electron chi connectivity index (χ2n) is 5.34. The molecule has 0 aromatic carbocycles. The molecule has 0 saturated heterocycles. The summed E-state index contributed by atoms with van der Waals surface area (Å²) in [5.41, 5.74) is 5.60. The summed E-state index contributed by atoms with van der Waals surface area (Å²) in [7, 11) is 0. The smallest absolute Gasteiger partial charge is 0.0476 e. The fourth-order valence-corrected chi connectivity index (χ4v) is 2.80. The van der Waals surface area contributed by atoms with E-state index in [1.807, 2.05) is 24.7 Å². The topological polar surface area (TPSA) is 25.8 Å². The van der Waals surface area contributed by atoms with Crippen LogP contribution in [0, 0.1) is 0 Å². The van der Waals surface area contributed by atoms with E-state index >= 15 is 0 Å². The fraction of sp³-hybridized carbons (Fsp3) is 0.333. The van der Waals surface area contributed by atoms with Gasteiger partial charge in [0.15, 0.2) is 0 Å². The van der Waals surface area contributed by atoms with Gasteiger partial charge >= 0.3 is 0 Å². The molecule has 0 bridgehead atoms. The second-order valence-corrected chi connectivity index (χ2v) is 5.34. The first-order valence-electron chi connectivity index (χ1n) is 7.43. The van der Waals surface area contributed by atoms with E-state index in [0.29, 0.717) is 0 Å². The summed E-state index contributed by atoms with van der Waals surface area (Å²) in [5, 5.41) is 0. The molecule has 2 aromatic heterocycles. The van der Waals surface area contributed by atoms with Crippen molar-refractivity contribution in [2.45, 2.75) is 38.5 Å². The zero-order valence-corrected chi connectivity index (χ0v) is 11.8. The second kappa shape index (κ2) is 6.47. The molecule has 0 N–H and O–H groups in total. The normalized spacial score (nSPS) is 15.6. The number of allylic oxidation sites excluding steroid dienone is 2. The van der Waals surface area contributed by atoms with Crippen LogP contribution in [0.5, 0.6) is 0 Å². The number of aryl methyl sites for hydroxylation is 2. The van der Waals surface area contributed by atoms with Crippen LogP contribution < -0.4 is 0 Å². The minimum Gasteiger partial charge on any atom is -0.264 e. The van der Waals surface area contributed by atoms with Gasteiger partial charge in [-0.25, -0.2) is 0 Å². The Hall–Kier alpha value is -1.96. The Labute approximate surface area is 120 Å². The predicted molar refractivity (Wildman–Crippen MR) is 81.7 cm³/mol. The largest absolute Gasteiger partial charge is 0.264 e. The Kier molecular flexibility index (Phi) is 4.22. The van der Waals surface area contributed by atoms with E-state index in [2.05, 4.69) is 34.3 Å². The molecule has 102 valence electrons. The molecule has 0 radical (unpaired) electrons. The highest BCUT2D eigenvalue weighted by Crippen LogP contribution is 2.18. The van der Waals surface area contributed by atoms with Crippen LogP contribution in [-0.4, -0.2) is 9.97 Å². The van der Waals surface area contributed by atoms with Crippen LogP contribution in [0.2, 0.25) is 0 Å². The molecule has 2 nitrogen and oxygen atoms in total. The fourth-order valence-electron chi connectivity index (χ4n) is 2.80. The summed E-state index contributed by atoms with van der Waals surface area (Å²) in [4.78, 5) is 8.37. The van der Waals surface area contributed by atoms with Crippen molar-refractivity contribution >= 4 is 0 Å². The van der Waals surface area contributed by atoms with Crippen LogP contribution >= 0.6 is 0 Å². The first-order valence-corrected chi connectivity index (χ1v) is 7.43. The van der Waals surface area contributed by atoms with Gasteiger partial charge in [0.05, 0.1) is 0 Å². The summed E-state index contributed by atoms with van der Waals surface area (Å²) in [6, 6.07) is 6.29. The Balaban J connectivity index is 0.000000121. The third kappa shape index (κ3) is 3.13. The van der Waals surface area contributed by atoms with Gasteiger partial charge < -0.3 is 0 Å². The molecule has 2 heteroatoms. The molecule has 2 aromatic rings. The Morgan fingerprint density at radius 2 is 1.65 bits per heavy atom. The maximum atomic E-state index is 4.27. The molecule has 0 fully saturated rings. The summed E-state index contributed by atoms with van der Waals surface area (Å²) in [6.45, 7) is 0. The van der Waals surface area contributed by atoms with Gasteiger partial charge in [-0.05, 0) is 60.9 Å². The third-order valence-electron chi connectivity index (χ3n) is 3.95. The minimum atomic E-state index is 1.01. The molecule has 0 saturated carbocycles. The number of hydrogen-bond donors (Lipinski definition) is 0. The van der Waals surface area contributed by atoms with Gasteiger partial charge in [-0.1, -0.05) is 18.2 Å². The maximum Gasteiger partial charge on any atom is 0.0476 e. The first-order chi connectivity index (χ1) is 9.93. The lowest BCUT2D eigenvalue weighted by Crippen LogP contribution is -2.01. The standard InChI is InChI=1S/C9H9N.C9H11N/c1-2-6-9-8(4-1)5-3-7-10-9;1-2-4-9-7-10-6-5-8(9)3-1/h1-3,5,7H,4,6H2;5-7H,1-4H2. The van der Waals surface area contributed by atoms with Crippen LogP contribution in [0.1, 0.15) is 35.2 Å². The number of pyridine rings is 2. The summed E-state index contributed by atoms with van der Waals surface area (Å²) in [6.07, 6.45) is 17.4. The van der Waals surface area contributed by atoms with E-state index in [1.54, 1.807) is 0 Å². The average molecular weight is 264 g/mol. The maximum absolute atomic E-state index is 4.27. The van der Waals surface area contributed by atoms with E-state index in [1.165, 1.54) is 48.1 Å². The van der Waals surface area contributed by atoms with Crippen LogP contribution in [0.15, 0.2) is 48.9 Å². The molecule has 0 aliphatic heterocycles. The Morgan fingerprint density at radius 3 is 2.50 bits per heavy atom. The lowest BCUT2D eigenvalue weighted by Gasteiger charge is -2.13. The Morgan fingerprint density at radius 1 is 0.800 bits per heavy atom. The van der Waals surface area contributed by atoms with Crippen LogP contribution in [0.25, 0.3) is 0 Å². The van der Waals surface area contributed by atoms with Crippen molar-refractivity contribution in [3.05, 3.63) is 71.3 Å². The van der Waals surface area contributed by atoms with Gasteiger partial charge in [-0.2, -0.15) is 0 Å². The molecule has 0 spiro atoms. The summed E-state index contributed by atoms with van der Waals surface area (Å²) < 4.78 is 0. The highest BCUT2D eigenvalue weighted by Gasteiger charge is 2.06. The highest BCUT2D eigenvalue weighted by molar-refractivity contribution is 5.27. The first kappa shape index (κ1) is 13.0. The summed E-state index contributed by atoms with van der Waals surface area (Å²) in [5.74, 6) is 0. The number of fused-ring (bicyclic) bond motifs is 2. The third-order valence-corrected chi connectivity index (χ3v) is 3.95. The van der Waals surface area contributed by atoms with Gasteiger partial charge in [0.25, 0.3) is 0 Å². The molecular formula is C18H20N2. The molecule has 2 heterocycles. The van der Waals surface area contributed by atoms with E-state index < -0.39 is 0 Å². The quantitative estimate of drug-likeness (QED) is 0.678. The molecule has 4 rings (SSSR count). The van der Waals surface area contributed by atoms with Crippen LogP contribution in [0.4, 0.5) is 0 Å². The molecule has 2 aliphatic carbocycles. The van der Waals surface area contributed by atoms with E-state index in [-0.39, 0.29) is 0 Å². The van der Waals surface area contributed by atoms with Crippen LogP contribution in [0.3, 0.4) is 0 Å². The Bertz CT molecular complexity index is 550. The molecule has 0 unspecified atom stereocenters. The number of rotatable bonds is 0. The monoisotopic (exact) mass is 264 g/mol. The SMILES string of the molecule is C1=CCc2ncccc2C1.c1cc2c(cn1)CCCC2. The predicted octanol–water partition coefficient (Wildman–Crippen LogP) is 3.70. The van der Waals surface area contributed by atoms with Crippen molar-refractivity contribution in [2.24, 2.45) is 0 Å². The van der Waals surface area contributed by atoms with Crippen molar-refractivity contribution in [2.75, 3.05) is 0 Å². The van der Waals surface area contributed by atoms with E-state index in [0.717, 1.165) is 12.8 Å². The number of hydrogen-bond acceptors (Lipinski definition) is 2.